The van der Waals surface area contributed by atoms with Crippen molar-refractivity contribution in [3.8, 4) is 0 Å². The number of alkyl halides is 3. The van der Waals surface area contributed by atoms with Crippen molar-refractivity contribution >= 4 is 0 Å². The molecular weight excluding hydrogens is 222 g/mol. The van der Waals surface area contributed by atoms with Gasteiger partial charge in [-0.1, -0.05) is 6.07 Å². The molecule has 1 nitrogen and oxygen atoms in total. The summed E-state index contributed by atoms with van der Waals surface area (Å²) in [6.07, 6.45) is -2.72. The van der Waals surface area contributed by atoms with Crippen LogP contribution < -0.4 is 5.73 Å². The van der Waals surface area contributed by atoms with E-state index in [0.29, 0.717) is 5.56 Å². The molecule has 2 N–H and O–H groups in total. The first kappa shape index (κ1) is 11.4. The van der Waals surface area contributed by atoms with Crippen LogP contribution in [0.2, 0.25) is 0 Å². The van der Waals surface area contributed by atoms with E-state index in [1.54, 1.807) is 0 Å². The molecule has 1 atom stereocenters. The van der Waals surface area contributed by atoms with E-state index in [1.165, 1.54) is 6.07 Å². The first-order valence-corrected chi connectivity index (χ1v) is 5.02. The molecule has 0 spiro atoms. The third-order valence-electron chi connectivity index (χ3n) is 2.81. The van der Waals surface area contributed by atoms with Gasteiger partial charge in [-0.05, 0) is 36.5 Å². The van der Waals surface area contributed by atoms with Crippen LogP contribution in [0.5, 0.6) is 0 Å². The van der Waals surface area contributed by atoms with Crippen LogP contribution in [-0.2, 0) is 6.18 Å². The van der Waals surface area contributed by atoms with Crippen molar-refractivity contribution in [3.63, 3.8) is 0 Å². The van der Waals surface area contributed by atoms with Gasteiger partial charge >= 0.3 is 6.18 Å². The van der Waals surface area contributed by atoms with Crippen molar-refractivity contribution in [1.29, 1.82) is 0 Å². The average molecular weight is 233 g/mol. The van der Waals surface area contributed by atoms with Crippen molar-refractivity contribution in [3.05, 3.63) is 35.1 Å². The first-order valence-electron chi connectivity index (χ1n) is 5.02. The zero-order chi connectivity index (χ0) is 11.9. The Morgan fingerprint density at radius 1 is 1.25 bits per heavy atom. The molecule has 1 aliphatic carbocycles. The van der Waals surface area contributed by atoms with Crippen LogP contribution in [0.4, 0.5) is 17.6 Å². The summed E-state index contributed by atoms with van der Waals surface area (Å²) in [5.41, 5.74) is 4.98. The Hall–Kier alpha value is -1.10. The van der Waals surface area contributed by atoms with Gasteiger partial charge in [-0.25, -0.2) is 4.39 Å². The Kier molecular flexibility index (Phi) is 2.66. The molecule has 0 aliphatic heterocycles. The monoisotopic (exact) mass is 233 g/mol. The number of rotatable bonds is 2. The molecule has 16 heavy (non-hydrogen) atoms. The molecule has 1 aromatic rings. The maximum atomic E-state index is 13.2. The van der Waals surface area contributed by atoms with Crippen LogP contribution in [0.15, 0.2) is 18.2 Å². The molecular formula is C11H11F4N. The Bertz CT molecular complexity index is 395. The molecule has 1 fully saturated rings. The predicted molar refractivity (Wildman–Crippen MR) is 51.1 cm³/mol. The molecule has 0 radical (unpaired) electrons. The minimum Gasteiger partial charge on any atom is -0.324 e. The van der Waals surface area contributed by atoms with Crippen molar-refractivity contribution in [2.24, 2.45) is 11.7 Å². The van der Waals surface area contributed by atoms with Gasteiger partial charge in [-0.15, -0.1) is 0 Å². The first-order chi connectivity index (χ1) is 7.39. The highest BCUT2D eigenvalue weighted by Crippen LogP contribution is 2.40. The predicted octanol–water partition coefficient (Wildman–Crippen LogP) is 3.25. The summed E-state index contributed by atoms with van der Waals surface area (Å²) in [7, 11) is 0. The summed E-state index contributed by atoms with van der Waals surface area (Å²) in [6.45, 7) is 0. The van der Waals surface area contributed by atoms with Gasteiger partial charge in [0.1, 0.15) is 5.82 Å². The van der Waals surface area contributed by atoms with E-state index in [-0.39, 0.29) is 12.0 Å². The number of nitrogens with two attached hydrogens (primary N) is 1. The lowest BCUT2D eigenvalue weighted by Gasteiger charge is -2.13. The van der Waals surface area contributed by atoms with E-state index >= 15 is 0 Å². The van der Waals surface area contributed by atoms with Crippen molar-refractivity contribution < 1.29 is 17.6 Å². The van der Waals surface area contributed by atoms with Gasteiger partial charge in [-0.2, -0.15) is 13.2 Å². The molecule has 0 heterocycles. The lowest BCUT2D eigenvalue weighted by Crippen LogP contribution is -2.14. The molecule has 1 aliphatic rings. The summed E-state index contributed by atoms with van der Waals surface area (Å²) >= 11 is 0. The van der Waals surface area contributed by atoms with Gasteiger partial charge in [0.2, 0.25) is 0 Å². The lowest BCUT2D eigenvalue weighted by molar-refractivity contribution is -0.140. The molecule has 0 aromatic heterocycles. The number of benzene rings is 1. The average Bonchev–Trinajstić information content (AvgIpc) is 2.97. The summed E-state index contributed by atoms with van der Waals surface area (Å²) < 4.78 is 50.1. The number of hydrogen-bond acceptors (Lipinski definition) is 1. The summed E-state index contributed by atoms with van der Waals surface area (Å²) in [6, 6.07) is 2.56. The van der Waals surface area contributed by atoms with Crippen LogP contribution in [-0.4, -0.2) is 0 Å². The second-order valence-electron chi connectivity index (χ2n) is 4.10. The zero-order valence-corrected chi connectivity index (χ0v) is 8.39. The Morgan fingerprint density at radius 3 is 2.31 bits per heavy atom. The number of halogens is 4. The highest BCUT2D eigenvalue weighted by molar-refractivity contribution is 5.29. The molecule has 88 valence electrons. The molecule has 0 amide bonds. The maximum Gasteiger partial charge on any atom is 0.419 e. The largest absolute Gasteiger partial charge is 0.419 e. The van der Waals surface area contributed by atoms with Crippen molar-refractivity contribution in [1.82, 2.24) is 0 Å². The van der Waals surface area contributed by atoms with E-state index in [4.69, 9.17) is 5.73 Å². The molecule has 5 heteroatoms. The zero-order valence-electron chi connectivity index (χ0n) is 8.39. The van der Waals surface area contributed by atoms with E-state index in [1.807, 2.05) is 0 Å². The van der Waals surface area contributed by atoms with Crippen LogP contribution in [0.3, 0.4) is 0 Å². The maximum absolute atomic E-state index is 13.2. The Labute approximate surface area is 90.3 Å². The minimum absolute atomic E-state index is 0.288. The standard InChI is InChI=1S/C11H11F4N/c12-9-5-7(10(16)6-1-2-6)3-4-8(9)11(13,14)15/h3-6,10H,1-2,16H2. The van der Waals surface area contributed by atoms with Gasteiger partial charge in [0, 0.05) is 6.04 Å². The fourth-order valence-electron chi connectivity index (χ4n) is 1.70. The molecule has 1 saturated carbocycles. The summed E-state index contributed by atoms with van der Waals surface area (Å²) in [5, 5.41) is 0. The third-order valence-corrected chi connectivity index (χ3v) is 2.81. The Morgan fingerprint density at radius 2 is 1.88 bits per heavy atom. The van der Waals surface area contributed by atoms with Gasteiger partial charge in [0.15, 0.2) is 0 Å². The van der Waals surface area contributed by atoms with Crippen LogP contribution in [0.25, 0.3) is 0 Å². The van der Waals surface area contributed by atoms with Crippen LogP contribution in [0.1, 0.15) is 30.0 Å². The van der Waals surface area contributed by atoms with Crippen molar-refractivity contribution in [2.75, 3.05) is 0 Å². The van der Waals surface area contributed by atoms with Gasteiger partial charge < -0.3 is 5.73 Å². The summed E-state index contributed by atoms with van der Waals surface area (Å²) in [4.78, 5) is 0. The smallest absolute Gasteiger partial charge is 0.324 e. The van der Waals surface area contributed by atoms with E-state index in [2.05, 4.69) is 0 Å². The second kappa shape index (κ2) is 3.73. The van der Waals surface area contributed by atoms with E-state index in [9.17, 15) is 17.6 Å². The topological polar surface area (TPSA) is 26.0 Å². The normalized spacial score (nSPS) is 18.6. The fraction of sp³-hybridized carbons (Fsp3) is 0.455. The van der Waals surface area contributed by atoms with E-state index in [0.717, 1.165) is 25.0 Å². The number of hydrogen-bond donors (Lipinski definition) is 1. The minimum atomic E-state index is -4.65. The molecule has 0 bridgehead atoms. The van der Waals surface area contributed by atoms with Crippen LogP contribution >= 0.6 is 0 Å². The fourth-order valence-corrected chi connectivity index (χ4v) is 1.70. The van der Waals surface area contributed by atoms with Gasteiger partial charge in [-0.3, -0.25) is 0 Å². The van der Waals surface area contributed by atoms with Gasteiger partial charge in [0.25, 0.3) is 0 Å². The van der Waals surface area contributed by atoms with Crippen molar-refractivity contribution in [2.45, 2.75) is 25.1 Å². The molecule has 2 rings (SSSR count). The molecule has 0 saturated heterocycles. The van der Waals surface area contributed by atoms with Crippen LogP contribution in [0, 0.1) is 11.7 Å². The highest BCUT2D eigenvalue weighted by Gasteiger charge is 2.35. The SMILES string of the molecule is NC(c1ccc(C(F)(F)F)c(F)c1)C1CC1. The summed E-state index contributed by atoms with van der Waals surface area (Å²) in [5.74, 6) is -0.961. The lowest BCUT2D eigenvalue weighted by atomic mass is 10.0. The molecule has 1 unspecified atom stereocenters. The van der Waals surface area contributed by atoms with E-state index < -0.39 is 17.6 Å². The quantitative estimate of drug-likeness (QED) is 0.779. The second-order valence-corrected chi connectivity index (χ2v) is 4.10. The highest BCUT2D eigenvalue weighted by atomic mass is 19.4. The molecule has 1 aromatic carbocycles. The Balaban J connectivity index is 2.28. The third kappa shape index (κ3) is 2.19. The van der Waals surface area contributed by atoms with Gasteiger partial charge in [0.05, 0.1) is 5.56 Å².